The first-order valence-electron chi connectivity index (χ1n) is 6.50. The summed E-state index contributed by atoms with van der Waals surface area (Å²) in [5.74, 6) is 0.795. The second kappa shape index (κ2) is 5.85. The van der Waals surface area contributed by atoms with Crippen molar-refractivity contribution in [3.05, 3.63) is 73.8 Å². The van der Waals surface area contributed by atoms with E-state index in [1.54, 1.807) is 10.6 Å². The SMILES string of the molecule is Cc1ccc2nc(COc3ccccc3I)cc(=O)n2c1. The molecule has 0 aliphatic rings. The number of pyridine rings is 1. The summed E-state index contributed by atoms with van der Waals surface area (Å²) >= 11 is 2.22. The molecule has 3 aromatic rings. The first-order valence-corrected chi connectivity index (χ1v) is 7.57. The van der Waals surface area contributed by atoms with Crippen molar-refractivity contribution in [2.75, 3.05) is 0 Å². The predicted molar refractivity (Wildman–Crippen MR) is 89.7 cm³/mol. The molecule has 0 bridgehead atoms. The fourth-order valence-corrected chi connectivity index (χ4v) is 2.59. The Kier molecular flexibility index (Phi) is 3.92. The number of aromatic nitrogens is 2. The van der Waals surface area contributed by atoms with E-state index in [9.17, 15) is 4.79 Å². The van der Waals surface area contributed by atoms with Crippen LogP contribution in [0.15, 0.2) is 53.5 Å². The number of nitrogens with zero attached hydrogens (tertiary/aromatic N) is 2. The number of fused-ring (bicyclic) bond motifs is 1. The van der Waals surface area contributed by atoms with Crippen LogP contribution in [0.25, 0.3) is 5.65 Å². The summed E-state index contributed by atoms with van der Waals surface area (Å²) in [6.45, 7) is 2.22. The summed E-state index contributed by atoms with van der Waals surface area (Å²) in [4.78, 5) is 16.6. The highest BCUT2D eigenvalue weighted by molar-refractivity contribution is 14.1. The highest BCUT2D eigenvalue weighted by Crippen LogP contribution is 2.20. The van der Waals surface area contributed by atoms with Crippen molar-refractivity contribution in [3.63, 3.8) is 0 Å². The van der Waals surface area contributed by atoms with Gasteiger partial charge in [-0.05, 0) is 53.3 Å². The number of hydrogen-bond donors (Lipinski definition) is 0. The summed E-state index contributed by atoms with van der Waals surface area (Å²) in [7, 11) is 0. The van der Waals surface area contributed by atoms with Crippen molar-refractivity contribution in [3.8, 4) is 5.75 Å². The maximum atomic E-state index is 12.1. The fourth-order valence-electron chi connectivity index (χ4n) is 2.05. The standard InChI is InChI=1S/C16H13IN2O2/c1-11-6-7-15-18-12(8-16(20)19(15)9-11)10-21-14-5-3-2-4-13(14)17/h2-9H,10H2,1H3. The fraction of sp³-hybridized carbons (Fsp3) is 0.125. The van der Waals surface area contributed by atoms with Gasteiger partial charge in [-0.2, -0.15) is 0 Å². The van der Waals surface area contributed by atoms with Gasteiger partial charge in [-0.3, -0.25) is 9.20 Å². The first kappa shape index (κ1) is 14.1. The third-order valence-corrected chi connectivity index (χ3v) is 3.96. The number of ether oxygens (including phenoxy) is 1. The Morgan fingerprint density at radius 3 is 2.86 bits per heavy atom. The minimum absolute atomic E-state index is 0.0925. The Morgan fingerprint density at radius 2 is 2.05 bits per heavy atom. The minimum atomic E-state index is -0.0925. The molecular weight excluding hydrogens is 379 g/mol. The van der Waals surface area contributed by atoms with Crippen LogP contribution in [0.2, 0.25) is 0 Å². The van der Waals surface area contributed by atoms with Crippen LogP contribution in [0.5, 0.6) is 5.75 Å². The van der Waals surface area contributed by atoms with Gasteiger partial charge in [0.2, 0.25) is 0 Å². The largest absolute Gasteiger partial charge is 0.486 e. The van der Waals surface area contributed by atoms with Crippen molar-refractivity contribution in [2.24, 2.45) is 0 Å². The second-order valence-electron chi connectivity index (χ2n) is 4.74. The third kappa shape index (κ3) is 3.07. The van der Waals surface area contributed by atoms with Crippen LogP contribution in [-0.4, -0.2) is 9.38 Å². The predicted octanol–water partition coefficient (Wildman–Crippen LogP) is 3.19. The molecule has 0 atom stereocenters. The molecular formula is C16H13IN2O2. The van der Waals surface area contributed by atoms with Gasteiger partial charge in [0.1, 0.15) is 18.0 Å². The molecule has 0 unspecified atom stereocenters. The maximum absolute atomic E-state index is 12.1. The average molecular weight is 392 g/mol. The van der Waals surface area contributed by atoms with Crippen molar-refractivity contribution in [1.82, 2.24) is 9.38 Å². The summed E-state index contributed by atoms with van der Waals surface area (Å²) in [6.07, 6.45) is 1.79. The molecule has 3 rings (SSSR count). The van der Waals surface area contributed by atoms with E-state index in [2.05, 4.69) is 27.6 Å². The molecule has 2 heterocycles. The molecule has 4 nitrogen and oxygen atoms in total. The van der Waals surface area contributed by atoms with Crippen molar-refractivity contribution in [1.29, 1.82) is 0 Å². The van der Waals surface area contributed by atoms with Gasteiger partial charge in [0.15, 0.2) is 0 Å². The zero-order chi connectivity index (χ0) is 14.8. The summed E-state index contributed by atoms with van der Waals surface area (Å²) in [5.41, 5.74) is 2.19. The van der Waals surface area contributed by atoms with Gasteiger partial charge in [0.25, 0.3) is 5.56 Å². The number of aryl methyl sites for hydroxylation is 1. The molecule has 0 saturated carbocycles. The molecule has 5 heteroatoms. The molecule has 2 aromatic heterocycles. The van der Waals surface area contributed by atoms with E-state index in [0.29, 0.717) is 11.3 Å². The Morgan fingerprint density at radius 1 is 1.24 bits per heavy atom. The van der Waals surface area contributed by atoms with E-state index in [0.717, 1.165) is 14.9 Å². The molecule has 0 N–H and O–H groups in total. The van der Waals surface area contributed by atoms with Crippen LogP contribution in [0, 0.1) is 10.5 Å². The highest BCUT2D eigenvalue weighted by Gasteiger charge is 2.05. The minimum Gasteiger partial charge on any atom is -0.486 e. The summed E-state index contributed by atoms with van der Waals surface area (Å²) in [5, 5.41) is 0. The van der Waals surface area contributed by atoms with Crippen LogP contribution in [0.1, 0.15) is 11.3 Å². The first-order chi connectivity index (χ1) is 10.1. The molecule has 1 aromatic carbocycles. The van der Waals surface area contributed by atoms with Gasteiger partial charge in [-0.1, -0.05) is 18.2 Å². The van der Waals surface area contributed by atoms with E-state index in [1.807, 2.05) is 43.3 Å². The van der Waals surface area contributed by atoms with Gasteiger partial charge >= 0.3 is 0 Å². The monoisotopic (exact) mass is 392 g/mol. The third-order valence-electron chi connectivity index (χ3n) is 3.07. The lowest BCUT2D eigenvalue weighted by Gasteiger charge is -2.08. The van der Waals surface area contributed by atoms with E-state index < -0.39 is 0 Å². The van der Waals surface area contributed by atoms with Crippen LogP contribution in [0.4, 0.5) is 0 Å². The Hall–Kier alpha value is -1.89. The number of benzene rings is 1. The zero-order valence-corrected chi connectivity index (χ0v) is 13.6. The highest BCUT2D eigenvalue weighted by atomic mass is 127. The maximum Gasteiger partial charge on any atom is 0.258 e. The number of hydrogen-bond acceptors (Lipinski definition) is 3. The van der Waals surface area contributed by atoms with E-state index in [1.165, 1.54) is 6.07 Å². The average Bonchev–Trinajstić information content (AvgIpc) is 2.47. The lowest BCUT2D eigenvalue weighted by Crippen LogP contribution is -2.16. The van der Waals surface area contributed by atoms with E-state index in [4.69, 9.17) is 4.74 Å². The lowest BCUT2D eigenvalue weighted by molar-refractivity contribution is 0.299. The lowest BCUT2D eigenvalue weighted by atomic mass is 10.3. The topological polar surface area (TPSA) is 43.6 Å². The Balaban J connectivity index is 1.90. The summed E-state index contributed by atoms with van der Waals surface area (Å²) in [6, 6.07) is 13.0. The molecule has 0 fully saturated rings. The molecule has 0 amide bonds. The van der Waals surface area contributed by atoms with Gasteiger partial charge in [-0.15, -0.1) is 0 Å². The van der Waals surface area contributed by atoms with Crippen LogP contribution in [0.3, 0.4) is 0 Å². The molecule has 0 saturated heterocycles. The Bertz CT molecular complexity index is 858. The smallest absolute Gasteiger partial charge is 0.258 e. The molecule has 0 spiro atoms. The molecule has 0 aliphatic heterocycles. The number of halogens is 1. The van der Waals surface area contributed by atoms with Crippen LogP contribution < -0.4 is 10.3 Å². The van der Waals surface area contributed by atoms with Gasteiger partial charge < -0.3 is 4.74 Å². The molecule has 0 radical (unpaired) electrons. The van der Waals surface area contributed by atoms with Crippen molar-refractivity contribution >= 4 is 28.2 Å². The van der Waals surface area contributed by atoms with Gasteiger partial charge in [0.05, 0.1) is 9.26 Å². The van der Waals surface area contributed by atoms with Gasteiger partial charge in [0, 0.05) is 12.3 Å². The van der Waals surface area contributed by atoms with Crippen LogP contribution in [-0.2, 0) is 6.61 Å². The van der Waals surface area contributed by atoms with E-state index >= 15 is 0 Å². The molecule has 106 valence electrons. The molecule has 0 aliphatic carbocycles. The zero-order valence-electron chi connectivity index (χ0n) is 11.4. The number of para-hydroxylation sites is 1. The normalized spacial score (nSPS) is 10.8. The second-order valence-corrected chi connectivity index (χ2v) is 5.90. The Labute approximate surface area is 135 Å². The number of rotatable bonds is 3. The van der Waals surface area contributed by atoms with Crippen molar-refractivity contribution < 1.29 is 4.74 Å². The molecule has 21 heavy (non-hydrogen) atoms. The quantitative estimate of drug-likeness (QED) is 0.644. The van der Waals surface area contributed by atoms with Crippen LogP contribution >= 0.6 is 22.6 Å². The van der Waals surface area contributed by atoms with Gasteiger partial charge in [-0.25, -0.2) is 4.98 Å². The van der Waals surface area contributed by atoms with E-state index in [-0.39, 0.29) is 12.2 Å². The summed E-state index contributed by atoms with van der Waals surface area (Å²) < 4.78 is 8.31. The van der Waals surface area contributed by atoms with Crippen molar-refractivity contribution in [2.45, 2.75) is 13.5 Å².